The lowest BCUT2D eigenvalue weighted by Crippen LogP contribution is -1.93. The van der Waals surface area contributed by atoms with Crippen molar-refractivity contribution in [3.63, 3.8) is 0 Å². The summed E-state index contributed by atoms with van der Waals surface area (Å²) in [6.07, 6.45) is 0. The summed E-state index contributed by atoms with van der Waals surface area (Å²) in [5, 5.41) is 10.7. The van der Waals surface area contributed by atoms with Crippen LogP contribution in [0, 0.1) is 0 Å². The molecule has 0 saturated carbocycles. The molecule has 0 aliphatic rings. The summed E-state index contributed by atoms with van der Waals surface area (Å²) in [7, 11) is 0. The van der Waals surface area contributed by atoms with E-state index in [1.54, 1.807) is 0 Å². The van der Waals surface area contributed by atoms with E-state index in [2.05, 4.69) is 182 Å². The third-order valence-electron chi connectivity index (χ3n) is 11.4. The summed E-state index contributed by atoms with van der Waals surface area (Å²) in [5.41, 5.74) is 11.3. The minimum atomic E-state index is 0.908. The molecule has 264 valence electrons. The number of pyridine rings is 3. The van der Waals surface area contributed by atoms with Crippen molar-refractivity contribution in [2.45, 2.75) is 0 Å². The molecule has 0 unspecified atom stereocenters. The van der Waals surface area contributed by atoms with Crippen LogP contribution in [0.15, 0.2) is 188 Å². The van der Waals surface area contributed by atoms with Gasteiger partial charge in [-0.1, -0.05) is 158 Å². The van der Waals surface area contributed by atoms with Crippen LogP contribution in [0.25, 0.3) is 119 Å². The highest BCUT2D eigenvalue weighted by Crippen LogP contribution is 2.44. The highest BCUT2D eigenvalue weighted by atomic mass is 32.1. The maximum atomic E-state index is 5.44. The van der Waals surface area contributed by atoms with Crippen LogP contribution in [-0.2, 0) is 0 Å². The second-order valence-electron chi connectivity index (χ2n) is 14.7. The van der Waals surface area contributed by atoms with E-state index in [1.165, 1.54) is 47.3 Å². The lowest BCUT2D eigenvalue weighted by molar-refractivity contribution is 1.37. The summed E-state index contributed by atoms with van der Waals surface area (Å²) < 4.78 is 2.60. The molecule has 0 spiro atoms. The van der Waals surface area contributed by atoms with E-state index in [0.717, 1.165) is 72.0 Å². The third kappa shape index (κ3) is 5.08. The van der Waals surface area contributed by atoms with E-state index in [-0.39, 0.29) is 0 Å². The molecule has 4 heteroatoms. The number of rotatable bonds is 4. The molecule has 3 nitrogen and oxygen atoms in total. The topological polar surface area (TPSA) is 38.7 Å². The Kier molecular flexibility index (Phi) is 7.10. The average Bonchev–Trinajstić information content (AvgIpc) is 3.67. The Morgan fingerprint density at radius 2 is 0.930 bits per heavy atom. The highest BCUT2D eigenvalue weighted by molar-refractivity contribution is 7.26. The van der Waals surface area contributed by atoms with E-state index in [1.807, 2.05) is 17.4 Å². The van der Waals surface area contributed by atoms with Gasteiger partial charge in [-0.2, -0.15) is 0 Å². The van der Waals surface area contributed by atoms with Gasteiger partial charge in [-0.05, 0) is 52.2 Å². The Bertz CT molecular complexity index is 3570. The summed E-state index contributed by atoms with van der Waals surface area (Å²) in [4.78, 5) is 15.9. The molecule has 4 aromatic heterocycles. The maximum Gasteiger partial charge on any atom is 0.0972 e. The molecule has 4 heterocycles. The molecule has 0 aliphatic heterocycles. The molecule has 57 heavy (non-hydrogen) atoms. The fourth-order valence-electron chi connectivity index (χ4n) is 8.76. The van der Waals surface area contributed by atoms with Crippen LogP contribution in [0.5, 0.6) is 0 Å². The summed E-state index contributed by atoms with van der Waals surface area (Å²) in [6.45, 7) is 0. The number of nitrogens with zero attached hydrogens (tertiary/aromatic N) is 3. The second kappa shape index (κ2) is 12.6. The smallest absolute Gasteiger partial charge is 0.0972 e. The molecule has 12 rings (SSSR count). The Morgan fingerprint density at radius 3 is 1.70 bits per heavy atom. The van der Waals surface area contributed by atoms with Crippen molar-refractivity contribution in [3.8, 4) is 44.9 Å². The van der Waals surface area contributed by atoms with Crippen LogP contribution in [-0.4, -0.2) is 15.0 Å². The number of aromatic nitrogens is 3. The Balaban J connectivity index is 1.05. The van der Waals surface area contributed by atoms with Gasteiger partial charge >= 0.3 is 0 Å². The van der Waals surface area contributed by atoms with Gasteiger partial charge in [-0.3, -0.25) is 0 Å². The van der Waals surface area contributed by atoms with E-state index in [0.29, 0.717) is 0 Å². The number of benzene rings is 8. The molecule has 0 atom stereocenters. The summed E-state index contributed by atoms with van der Waals surface area (Å²) in [5.74, 6) is 0. The summed E-state index contributed by atoms with van der Waals surface area (Å²) >= 11 is 1.86. The first-order chi connectivity index (χ1) is 28.2. The molecule has 0 aliphatic carbocycles. The van der Waals surface area contributed by atoms with Crippen LogP contribution in [0.1, 0.15) is 0 Å². The number of hydrogen-bond acceptors (Lipinski definition) is 4. The predicted octanol–water partition coefficient (Wildman–Crippen LogP) is 14.7. The van der Waals surface area contributed by atoms with Gasteiger partial charge < -0.3 is 0 Å². The van der Waals surface area contributed by atoms with Crippen molar-refractivity contribution in [2.24, 2.45) is 0 Å². The summed E-state index contributed by atoms with van der Waals surface area (Å²) in [6, 6.07) is 67.1. The first kappa shape index (κ1) is 32.0. The van der Waals surface area contributed by atoms with Gasteiger partial charge in [0.05, 0.1) is 33.6 Å². The van der Waals surface area contributed by atoms with Crippen molar-refractivity contribution >= 4 is 85.8 Å². The molecule has 0 bridgehead atoms. The zero-order chi connectivity index (χ0) is 37.5. The van der Waals surface area contributed by atoms with Gasteiger partial charge in [0.15, 0.2) is 0 Å². The van der Waals surface area contributed by atoms with Crippen molar-refractivity contribution in [3.05, 3.63) is 188 Å². The normalized spacial score (nSPS) is 11.9. The molecule has 12 aromatic rings. The average molecular weight is 742 g/mol. The minimum Gasteiger partial charge on any atom is -0.247 e. The first-order valence-electron chi connectivity index (χ1n) is 19.3. The van der Waals surface area contributed by atoms with Crippen molar-refractivity contribution in [2.75, 3.05) is 0 Å². The van der Waals surface area contributed by atoms with Gasteiger partial charge in [0.25, 0.3) is 0 Å². The standard InChI is InChI=1S/C53H31N3S/c1-3-11-32(12-4-1)44-28-22-34-19-20-35-23-29-45(55-53(35)52(34)54-44)40-26-25-37(38-15-7-8-16-39(38)40)36-21-24-41-46(31-36)56-51(33-13-5-2-6-14-33)43-27-30-48-50(49(41)43)42-17-9-10-18-47(42)57-48/h1-31H. The van der Waals surface area contributed by atoms with Crippen LogP contribution >= 0.6 is 11.3 Å². The van der Waals surface area contributed by atoms with Crippen LogP contribution < -0.4 is 0 Å². The number of fused-ring (bicyclic) bond motifs is 11. The molecule has 0 fully saturated rings. The van der Waals surface area contributed by atoms with Gasteiger partial charge in [0.2, 0.25) is 0 Å². The first-order valence-corrected chi connectivity index (χ1v) is 20.1. The fraction of sp³-hybridized carbons (Fsp3) is 0. The zero-order valence-corrected chi connectivity index (χ0v) is 31.5. The molecule has 0 radical (unpaired) electrons. The minimum absolute atomic E-state index is 0.908. The third-order valence-corrected chi connectivity index (χ3v) is 12.6. The lowest BCUT2D eigenvalue weighted by atomic mass is 9.91. The zero-order valence-electron chi connectivity index (χ0n) is 30.6. The molecular formula is C53H31N3S. The second-order valence-corrected chi connectivity index (χ2v) is 15.8. The predicted molar refractivity (Wildman–Crippen MR) is 242 cm³/mol. The van der Waals surface area contributed by atoms with E-state index in [9.17, 15) is 0 Å². The van der Waals surface area contributed by atoms with Crippen molar-refractivity contribution in [1.29, 1.82) is 0 Å². The van der Waals surface area contributed by atoms with E-state index < -0.39 is 0 Å². The van der Waals surface area contributed by atoms with Crippen molar-refractivity contribution < 1.29 is 0 Å². The monoisotopic (exact) mass is 741 g/mol. The van der Waals surface area contributed by atoms with Gasteiger partial charge in [-0.15, -0.1) is 11.3 Å². The molecule has 8 aromatic carbocycles. The maximum absolute atomic E-state index is 5.44. The van der Waals surface area contributed by atoms with Gasteiger partial charge in [0, 0.05) is 63.8 Å². The van der Waals surface area contributed by atoms with E-state index >= 15 is 0 Å². The molecule has 0 amide bonds. The van der Waals surface area contributed by atoms with Crippen LogP contribution in [0.2, 0.25) is 0 Å². The quantitative estimate of drug-likeness (QED) is 0.169. The Labute approximate surface area is 332 Å². The van der Waals surface area contributed by atoms with Gasteiger partial charge in [0.1, 0.15) is 0 Å². The molecule has 0 saturated heterocycles. The van der Waals surface area contributed by atoms with E-state index in [4.69, 9.17) is 15.0 Å². The SMILES string of the molecule is c1ccc(-c2ccc3ccc4ccc(-c5ccc(-c6ccc7c(c6)nc(-c6ccccc6)c6ccc8sc9ccccc9c8c67)c6ccccc56)nc4c3n2)cc1. The Hall–Kier alpha value is -7.27. The number of hydrogen-bond donors (Lipinski definition) is 0. The lowest BCUT2D eigenvalue weighted by Gasteiger charge is -2.15. The Morgan fingerprint density at radius 1 is 0.333 bits per heavy atom. The largest absolute Gasteiger partial charge is 0.247 e. The van der Waals surface area contributed by atoms with Crippen LogP contribution in [0.3, 0.4) is 0 Å². The highest BCUT2D eigenvalue weighted by Gasteiger charge is 2.18. The molecule has 0 N–H and O–H groups in total. The fourth-order valence-corrected chi connectivity index (χ4v) is 9.87. The van der Waals surface area contributed by atoms with Gasteiger partial charge in [-0.25, -0.2) is 15.0 Å². The van der Waals surface area contributed by atoms with Crippen molar-refractivity contribution in [1.82, 2.24) is 15.0 Å². The number of thiophene rings is 1. The molecular weight excluding hydrogens is 711 g/mol. The van der Waals surface area contributed by atoms with Crippen LogP contribution in [0.4, 0.5) is 0 Å².